The maximum atomic E-state index is 6.19. The second-order valence-corrected chi connectivity index (χ2v) is 12.7. The van der Waals surface area contributed by atoms with Crippen molar-refractivity contribution < 1.29 is 4.42 Å². The Labute approximate surface area is 278 Å². The van der Waals surface area contributed by atoms with Gasteiger partial charge < -0.3 is 4.42 Å². The van der Waals surface area contributed by atoms with E-state index in [1.165, 1.54) is 22.3 Å². The van der Waals surface area contributed by atoms with Crippen LogP contribution in [0.15, 0.2) is 150 Å². The molecule has 0 atom stereocenters. The Hall–Kier alpha value is -6.20. The molecule has 2 aromatic heterocycles. The third kappa shape index (κ3) is 4.63. The Morgan fingerprint density at radius 3 is 1.60 bits per heavy atom. The van der Waals surface area contributed by atoms with E-state index in [4.69, 9.17) is 24.4 Å². The van der Waals surface area contributed by atoms with Crippen LogP contribution >= 0.6 is 0 Å². The molecule has 5 heteroatoms. The summed E-state index contributed by atoms with van der Waals surface area (Å²) in [6.45, 7) is 4.59. The standard InChI is InChI=1S/C43H30N4O/c1-43(2)34-25-30(42-44-36-20-12-13-21-37(36)48-42)22-23-32(34)38-33(27-14-6-3-7-15-27)24-31(26-35(38)43)41-46-39(28-16-8-4-9-17-28)45-40(47-41)29-18-10-5-11-19-29/h3-26H,1-2H3. The molecular weight excluding hydrogens is 589 g/mol. The molecule has 0 amide bonds. The molecule has 0 unspecified atom stereocenters. The van der Waals surface area contributed by atoms with Crippen molar-refractivity contribution in [2.75, 3.05) is 0 Å². The Kier molecular flexibility index (Phi) is 6.40. The van der Waals surface area contributed by atoms with Crippen LogP contribution in [0.5, 0.6) is 0 Å². The van der Waals surface area contributed by atoms with Crippen molar-refractivity contribution >= 4 is 11.1 Å². The zero-order valence-corrected chi connectivity index (χ0v) is 26.6. The monoisotopic (exact) mass is 618 g/mol. The van der Waals surface area contributed by atoms with Crippen molar-refractivity contribution in [3.63, 3.8) is 0 Å². The molecule has 0 fully saturated rings. The molecule has 8 aromatic rings. The van der Waals surface area contributed by atoms with Crippen molar-refractivity contribution in [3.05, 3.63) is 157 Å². The first kappa shape index (κ1) is 28.1. The van der Waals surface area contributed by atoms with Crippen LogP contribution in [-0.2, 0) is 5.41 Å². The van der Waals surface area contributed by atoms with Crippen LogP contribution in [0, 0.1) is 0 Å². The SMILES string of the molecule is CC1(C)c2cc(-c3nc4ccccc4o3)ccc2-c2c(-c3ccccc3)cc(-c3nc(-c4ccccc4)nc(-c4ccccc4)n3)cc21. The van der Waals surface area contributed by atoms with Crippen molar-refractivity contribution in [3.8, 4) is 67.9 Å². The molecular formula is C43H30N4O. The molecule has 0 spiro atoms. The molecule has 5 nitrogen and oxygen atoms in total. The summed E-state index contributed by atoms with van der Waals surface area (Å²) in [5, 5.41) is 0. The Bertz CT molecular complexity index is 2380. The number of aromatic nitrogens is 4. The third-order valence-electron chi connectivity index (χ3n) is 9.36. The molecule has 2 heterocycles. The van der Waals surface area contributed by atoms with Crippen LogP contribution in [0.25, 0.3) is 79.0 Å². The maximum Gasteiger partial charge on any atom is 0.227 e. The van der Waals surface area contributed by atoms with Crippen molar-refractivity contribution in [2.45, 2.75) is 19.3 Å². The quantitative estimate of drug-likeness (QED) is 0.192. The van der Waals surface area contributed by atoms with Gasteiger partial charge in [-0.05, 0) is 69.8 Å². The van der Waals surface area contributed by atoms with Gasteiger partial charge in [-0.25, -0.2) is 19.9 Å². The lowest BCUT2D eigenvalue weighted by Crippen LogP contribution is -2.15. The summed E-state index contributed by atoms with van der Waals surface area (Å²) >= 11 is 0. The third-order valence-corrected chi connectivity index (χ3v) is 9.36. The van der Waals surface area contributed by atoms with Crippen LogP contribution in [0.4, 0.5) is 0 Å². The van der Waals surface area contributed by atoms with Gasteiger partial charge in [0.05, 0.1) is 0 Å². The van der Waals surface area contributed by atoms with E-state index < -0.39 is 0 Å². The lowest BCUT2D eigenvalue weighted by molar-refractivity contribution is 0.618. The average Bonchev–Trinajstić information content (AvgIpc) is 3.68. The summed E-state index contributed by atoms with van der Waals surface area (Å²) in [6, 6.07) is 49.8. The van der Waals surface area contributed by atoms with Gasteiger partial charge in [-0.2, -0.15) is 0 Å². The first-order valence-corrected chi connectivity index (χ1v) is 16.1. The number of fused-ring (bicyclic) bond motifs is 4. The number of oxazole rings is 1. The van der Waals surface area contributed by atoms with E-state index in [0.717, 1.165) is 44.5 Å². The summed E-state index contributed by atoms with van der Waals surface area (Å²) in [6.07, 6.45) is 0. The predicted molar refractivity (Wildman–Crippen MR) is 192 cm³/mol. The number of nitrogens with zero attached hydrogens (tertiary/aromatic N) is 4. The Balaban J connectivity index is 1.26. The fraction of sp³-hybridized carbons (Fsp3) is 0.0698. The van der Waals surface area contributed by atoms with Gasteiger partial charge in [0.15, 0.2) is 23.1 Å². The first-order chi connectivity index (χ1) is 23.5. The van der Waals surface area contributed by atoms with Crippen molar-refractivity contribution in [2.24, 2.45) is 0 Å². The lowest BCUT2D eigenvalue weighted by Gasteiger charge is -2.23. The van der Waals surface area contributed by atoms with E-state index >= 15 is 0 Å². The van der Waals surface area contributed by atoms with Crippen LogP contribution in [0.2, 0.25) is 0 Å². The highest BCUT2D eigenvalue weighted by molar-refractivity contribution is 5.95. The number of rotatable bonds is 5. The van der Waals surface area contributed by atoms with E-state index in [1.807, 2.05) is 84.9 Å². The number of para-hydroxylation sites is 2. The fourth-order valence-electron chi connectivity index (χ4n) is 6.89. The number of benzene rings is 6. The first-order valence-electron chi connectivity index (χ1n) is 16.1. The molecule has 0 saturated carbocycles. The highest BCUT2D eigenvalue weighted by Crippen LogP contribution is 2.54. The van der Waals surface area contributed by atoms with Gasteiger partial charge in [-0.15, -0.1) is 0 Å². The average molecular weight is 619 g/mol. The van der Waals surface area contributed by atoms with Gasteiger partial charge in [-0.1, -0.05) is 123 Å². The van der Waals surface area contributed by atoms with Gasteiger partial charge in [0.1, 0.15) is 5.52 Å². The molecule has 0 bridgehead atoms. The van der Waals surface area contributed by atoms with E-state index in [1.54, 1.807) is 0 Å². The van der Waals surface area contributed by atoms with E-state index in [-0.39, 0.29) is 5.41 Å². The smallest absolute Gasteiger partial charge is 0.227 e. The largest absolute Gasteiger partial charge is 0.436 e. The second-order valence-electron chi connectivity index (χ2n) is 12.7. The normalized spacial score (nSPS) is 13.0. The van der Waals surface area contributed by atoms with E-state index in [0.29, 0.717) is 23.4 Å². The van der Waals surface area contributed by atoms with E-state index in [9.17, 15) is 0 Å². The summed E-state index contributed by atoms with van der Waals surface area (Å²) in [7, 11) is 0. The zero-order valence-electron chi connectivity index (χ0n) is 26.6. The van der Waals surface area contributed by atoms with Crippen LogP contribution < -0.4 is 0 Å². The molecule has 1 aliphatic rings. The topological polar surface area (TPSA) is 64.7 Å². The number of hydrogen-bond donors (Lipinski definition) is 0. The zero-order chi connectivity index (χ0) is 32.2. The van der Waals surface area contributed by atoms with Gasteiger partial charge in [0.25, 0.3) is 0 Å². The van der Waals surface area contributed by atoms with Crippen molar-refractivity contribution in [1.29, 1.82) is 0 Å². The highest BCUT2D eigenvalue weighted by Gasteiger charge is 2.38. The van der Waals surface area contributed by atoms with Crippen LogP contribution in [0.1, 0.15) is 25.0 Å². The minimum absolute atomic E-state index is 0.316. The fourth-order valence-corrected chi connectivity index (χ4v) is 6.89. The molecule has 0 aliphatic heterocycles. The molecule has 0 radical (unpaired) electrons. The summed E-state index contributed by atoms with van der Waals surface area (Å²) in [5.74, 6) is 2.56. The van der Waals surface area contributed by atoms with Gasteiger partial charge in [0.2, 0.25) is 5.89 Å². The summed E-state index contributed by atoms with van der Waals surface area (Å²) in [4.78, 5) is 19.9. The minimum atomic E-state index is -0.316. The molecule has 1 aliphatic carbocycles. The molecule has 0 N–H and O–H groups in total. The molecule has 48 heavy (non-hydrogen) atoms. The Morgan fingerprint density at radius 1 is 0.438 bits per heavy atom. The number of hydrogen-bond acceptors (Lipinski definition) is 5. The molecule has 0 saturated heterocycles. The van der Waals surface area contributed by atoms with Crippen molar-refractivity contribution in [1.82, 2.24) is 19.9 Å². The lowest BCUT2D eigenvalue weighted by atomic mass is 9.80. The summed E-state index contributed by atoms with van der Waals surface area (Å²) < 4.78 is 6.19. The minimum Gasteiger partial charge on any atom is -0.436 e. The molecule has 9 rings (SSSR count). The summed E-state index contributed by atoms with van der Waals surface area (Å²) in [5.41, 5.74) is 12.3. The van der Waals surface area contributed by atoms with E-state index in [2.05, 4.69) is 74.5 Å². The van der Waals surface area contributed by atoms with Gasteiger partial charge in [0, 0.05) is 27.7 Å². The highest BCUT2D eigenvalue weighted by atomic mass is 16.3. The Morgan fingerprint density at radius 2 is 0.979 bits per heavy atom. The second kappa shape index (κ2) is 11.0. The van der Waals surface area contributed by atoms with Gasteiger partial charge >= 0.3 is 0 Å². The van der Waals surface area contributed by atoms with Crippen LogP contribution in [0.3, 0.4) is 0 Å². The van der Waals surface area contributed by atoms with Crippen LogP contribution in [-0.4, -0.2) is 19.9 Å². The predicted octanol–water partition coefficient (Wildman–Crippen LogP) is 10.7. The van der Waals surface area contributed by atoms with Gasteiger partial charge in [-0.3, -0.25) is 0 Å². The maximum absolute atomic E-state index is 6.19. The molecule has 228 valence electrons. The molecule has 6 aromatic carbocycles.